The second kappa shape index (κ2) is 8.15. The van der Waals surface area contributed by atoms with Crippen LogP contribution in [0.3, 0.4) is 0 Å². The monoisotopic (exact) mass is 438 g/mol. The molecule has 5 rings (SSSR count). The van der Waals surface area contributed by atoms with Crippen molar-refractivity contribution in [3.63, 3.8) is 0 Å². The van der Waals surface area contributed by atoms with E-state index in [1.807, 2.05) is 54.2 Å². The molecular formula is C26H26N6O. The minimum atomic E-state index is -0.317. The number of H-pyrrole nitrogens is 1. The van der Waals surface area contributed by atoms with Crippen molar-refractivity contribution >= 4 is 21.8 Å². The van der Waals surface area contributed by atoms with E-state index in [4.69, 9.17) is 0 Å². The number of hydrogen-bond acceptors (Lipinski definition) is 3. The Hall–Kier alpha value is -4.02. The SMILES string of the molecule is CN(C)CCCn1cc(-c2c(C#N)[nH]c(=O)n2-c2cn(C)c3ccccc23)c2ccccc21. The number of benzene rings is 2. The van der Waals surface area contributed by atoms with Gasteiger partial charge in [0.1, 0.15) is 11.8 Å². The largest absolute Gasteiger partial charge is 0.348 e. The molecule has 1 N–H and O–H groups in total. The summed E-state index contributed by atoms with van der Waals surface area (Å²) >= 11 is 0. The van der Waals surface area contributed by atoms with Gasteiger partial charge in [0.25, 0.3) is 0 Å². The van der Waals surface area contributed by atoms with E-state index in [-0.39, 0.29) is 11.4 Å². The number of aromatic amines is 1. The van der Waals surface area contributed by atoms with Crippen LogP contribution in [0.15, 0.2) is 65.7 Å². The molecule has 33 heavy (non-hydrogen) atoms. The highest BCUT2D eigenvalue weighted by Gasteiger charge is 2.23. The molecule has 166 valence electrons. The van der Waals surface area contributed by atoms with Crippen molar-refractivity contribution in [1.82, 2.24) is 23.6 Å². The lowest BCUT2D eigenvalue weighted by Crippen LogP contribution is -2.15. The van der Waals surface area contributed by atoms with Crippen LogP contribution in [-0.4, -0.2) is 44.2 Å². The second-order valence-electron chi connectivity index (χ2n) is 8.65. The standard InChI is InChI=1S/C26H26N6O/c1-29(2)13-8-14-31-16-20(18-9-4-7-12-23(18)31)25-21(15-27)28-26(33)32(25)24-17-30(3)22-11-6-5-10-19(22)24/h4-7,9-12,16-17H,8,13-14H2,1-3H3,(H,28,33). The molecule has 5 aromatic rings. The number of nitrogens with one attached hydrogen (secondary N) is 1. The molecule has 0 aliphatic carbocycles. The number of nitrogens with zero attached hydrogens (tertiary/aromatic N) is 5. The summed E-state index contributed by atoms with van der Waals surface area (Å²) in [6.07, 6.45) is 5.02. The van der Waals surface area contributed by atoms with Crippen LogP contribution in [0.1, 0.15) is 12.1 Å². The summed E-state index contributed by atoms with van der Waals surface area (Å²) in [7, 11) is 6.10. The first-order valence-corrected chi connectivity index (χ1v) is 11.0. The van der Waals surface area contributed by atoms with Crippen LogP contribution in [0, 0.1) is 11.3 Å². The average molecular weight is 439 g/mol. The van der Waals surface area contributed by atoms with Crippen LogP contribution in [0.2, 0.25) is 0 Å². The Labute approximate surface area is 191 Å². The third-order valence-corrected chi connectivity index (χ3v) is 6.17. The van der Waals surface area contributed by atoms with Gasteiger partial charge in [0.05, 0.1) is 11.4 Å². The van der Waals surface area contributed by atoms with Crippen molar-refractivity contribution in [3.8, 4) is 23.0 Å². The molecule has 0 saturated heterocycles. The van der Waals surface area contributed by atoms with Crippen molar-refractivity contribution in [3.05, 3.63) is 77.1 Å². The van der Waals surface area contributed by atoms with E-state index in [1.165, 1.54) is 0 Å². The molecule has 0 radical (unpaired) electrons. The Morgan fingerprint density at radius 3 is 2.42 bits per heavy atom. The number of para-hydroxylation sites is 2. The molecule has 3 aromatic heterocycles. The Morgan fingerprint density at radius 1 is 1.00 bits per heavy atom. The number of rotatable bonds is 6. The summed E-state index contributed by atoms with van der Waals surface area (Å²) in [5.74, 6) is 0. The van der Waals surface area contributed by atoms with Crippen molar-refractivity contribution < 1.29 is 0 Å². The van der Waals surface area contributed by atoms with Gasteiger partial charge in [-0.05, 0) is 39.2 Å². The van der Waals surface area contributed by atoms with Gasteiger partial charge in [-0.15, -0.1) is 0 Å². The van der Waals surface area contributed by atoms with Gasteiger partial charge < -0.3 is 14.0 Å². The highest BCUT2D eigenvalue weighted by molar-refractivity contribution is 5.98. The zero-order chi connectivity index (χ0) is 23.1. The lowest BCUT2D eigenvalue weighted by atomic mass is 10.1. The van der Waals surface area contributed by atoms with Gasteiger partial charge in [0, 0.05) is 53.4 Å². The van der Waals surface area contributed by atoms with Crippen molar-refractivity contribution in [2.24, 2.45) is 7.05 Å². The predicted molar refractivity (Wildman–Crippen MR) is 132 cm³/mol. The Morgan fingerprint density at radius 2 is 1.70 bits per heavy atom. The van der Waals surface area contributed by atoms with Crippen molar-refractivity contribution in [2.45, 2.75) is 13.0 Å². The summed E-state index contributed by atoms with van der Waals surface area (Å²) in [4.78, 5) is 18.1. The van der Waals surface area contributed by atoms with E-state index < -0.39 is 0 Å². The lowest BCUT2D eigenvalue weighted by molar-refractivity contribution is 0.388. The van der Waals surface area contributed by atoms with Crippen LogP contribution >= 0.6 is 0 Å². The third-order valence-electron chi connectivity index (χ3n) is 6.17. The fraction of sp³-hybridized carbons (Fsp3) is 0.231. The molecule has 0 unspecified atom stereocenters. The fourth-order valence-corrected chi connectivity index (χ4v) is 4.68. The molecule has 7 nitrogen and oxygen atoms in total. The van der Waals surface area contributed by atoms with Gasteiger partial charge in [-0.2, -0.15) is 5.26 Å². The number of imidazole rings is 1. The van der Waals surface area contributed by atoms with Gasteiger partial charge in [0.15, 0.2) is 0 Å². The molecule has 7 heteroatoms. The minimum Gasteiger partial charge on any atom is -0.348 e. The van der Waals surface area contributed by atoms with Gasteiger partial charge >= 0.3 is 5.69 Å². The predicted octanol–water partition coefficient (Wildman–Crippen LogP) is 4.10. The first-order valence-electron chi connectivity index (χ1n) is 11.0. The van der Waals surface area contributed by atoms with Crippen LogP contribution in [0.5, 0.6) is 0 Å². The maximum Gasteiger partial charge on any atom is 0.331 e. The molecule has 3 heterocycles. The molecular weight excluding hydrogens is 412 g/mol. The van der Waals surface area contributed by atoms with Crippen LogP contribution < -0.4 is 5.69 Å². The van der Waals surface area contributed by atoms with E-state index in [9.17, 15) is 10.1 Å². The van der Waals surface area contributed by atoms with E-state index in [2.05, 4.69) is 52.9 Å². The minimum absolute atomic E-state index is 0.268. The Kier molecular flexibility index (Phi) is 5.15. The zero-order valence-corrected chi connectivity index (χ0v) is 19.0. The maximum absolute atomic E-state index is 13.2. The number of aryl methyl sites for hydroxylation is 2. The molecule has 0 aliphatic heterocycles. The van der Waals surface area contributed by atoms with E-state index in [1.54, 1.807) is 4.57 Å². The second-order valence-corrected chi connectivity index (χ2v) is 8.65. The number of hydrogen-bond donors (Lipinski definition) is 1. The maximum atomic E-state index is 13.2. The molecule has 0 atom stereocenters. The van der Waals surface area contributed by atoms with Gasteiger partial charge in [0.2, 0.25) is 0 Å². The highest BCUT2D eigenvalue weighted by atomic mass is 16.1. The number of fused-ring (bicyclic) bond motifs is 2. The molecule has 2 aromatic carbocycles. The zero-order valence-electron chi connectivity index (χ0n) is 19.0. The van der Waals surface area contributed by atoms with Gasteiger partial charge in [-0.25, -0.2) is 4.79 Å². The quantitative estimate of drug-likeness (QED) is 0.434. The molecule has 0 aliphatic rings. The summed E-state index contributed by atoms with van der Waals surface area (Å²) < 4.78 is 5.87. The van der Waals surface area contributed by atoms with E-state index in [0.29, 0.717) is 5.69 Å². The molecule has 0 bridgehead atoms. The van der Waals surface area contributed by atoms with Crippen molar-refractivity contribution in [2.75, 3.05) is 20.6 Å². The smallest absolute Gasteiger partial charge is 0.331 e. The number of nitriles is 1. The molecule has 0 saturated carbocycles. The number of aromatic nitrogens is 4. The van der Waals surface area contributed by atoms with E-state index in [0.717, 1.165) is 52.6 Å². The molecule has 0 spiro atoms. The van der Waals surface area contributed by atoms with Gasteiger partial charge in [-0.1, -0.05) is 36.4 Å². The Balaban J connectivity index is 1.76. The molecule has 0 amide bonds. The summed E-state index contributed by atoms with van der Waals surface area (Å²) in [5, 5.41) is 11.9. The van der Waals surface area contributed by atoms with Crippen LogP contribution in [-0.2, 0) is 13.6 Å². The van der Waals surface area contributed by atoms with E-state index >= 15 is 0 Å². The third kappa shape index (κ3) is 3.45. The topological polar surface area (TPSA) is 74.7 Å². The summed E-state index contributed by atoms with van der Waals surface area (Å²) in [5.41, 5.74) is 4.30. The molecule has 0 fully saturated rings. The summed E-state index contributed by atoms with van der Waals surface area (Å²) in [6, 6.07) is 18.4. The normalized spacial score (nSPS) is 11.6. The van der Waals surface area contributed by atoms with Crippen LogP contribution in [0.4, 0.5) is 0 Å². The fourth-order valence-electron chi connectivity index (χ4n) is 4.68. The van der Waals surface area contributed by atoms with Gasteiger partial charge in [-0.3, -0.25) is 9.55 Å². The Bertz CT molecular complexity index is 1570. The first kappa shape index (κ1) is 20.9. The van der Waals surface area contributed by atoms with Crippen LogP contribution in [0.25, 0.3) is 38.8 Å². The van der Waals surface area contributed by atoms with Crippen molar-refractivity contribution in [1.29, 1.82) is 5.26 Å². The summed E-state index contributed by atoms with van der Waals surface area (Å²) in [6.45, 7) is 1.83. The first-order chi connectivity index (χ1) is 16.0. The lowest BCUT2D eigenvalue weighted by Gasteiger charge is -2.10. The highest BCUT2D eigenvalue weighted by Crippen LogP contribution is 2.35. The average Bonchev–Trinajstić information content (AvgIpc) is 3.45.